The van der Waals surface area contributed by atoms with Crippen molar-refractivity contribution in [1.82, 2.24) is 21.3 Å². The summed E-state index contributed by atoms with van der Waals surface area (Å²) >= 11 is 5.35. The molecule has 4 amide bonds. The van der Waals surface area contributed by atoms with Gasteiger partial charge >= 0.3 is 5.97 Å². The Labute approximate surface area is 230 Å². The van der Waals surface area contributed by atoms with E-state index in [-0.39, 0.29) is 12.2 Å². The number of nitrogens with one attached hydrogen (secondary N) is 4. The van der Waals surface area contributed by atoms with Gasteiger partial charge in [0, 0.05) is 13.3 Å². The lowest BCUT2D eigenvalue weighted by atomic mass is 10.0. The first-order valence-electron chi connectivity index (χ1n) is 12.0. The highest BCUT2D eigenvalue weighted by Crippen LogP contribution is 2.12. The van der Waals surface area contributed by atoms with Gasteiger partial charge in [-0.25, -0.2) is 0 Å². The van der Waals surface area contributed by atoms with Gasteiger partial charge in [-0.05, 0) is 30.5 Å². The van der Waals surface area contributed by atoms with Crippen LogP contribution in [-0.4, -0.2) is 81.4 Å². The molecule has 0 aliphatic heterocycles. The molecular weight excluding hydrogens is 536 g/mol. The summed E-state index contributed by atoms with van der Waals surface area (Å²) in [7, 11) is 0. The number of hydrogen-bond acceptors (Lipinski definition) is 8. The van der Waals surface area contributed by atoms with Crippen molar-refractivity contribution in [2.75, 3.05) is 5.88 Å². The summed E-state index contributed by atoms with van der Waals surface area (Å²) in [6, 6.07) is 0.848. The highest BCUT2D eigenvalue weighted by molar-refractivity contribution is 6.48. The number of halogens is 1. The van der Waals surface area contributed by atoms with Gasteiger partial charge in [-0.1, -0.05) is 26.0 Å². The monoisotopic (exact) mass is 568 g/mol. The zero-order chi connectivity index (χ0) is 29.9. The third kappa shape index (κ3) is 11.1. The average Bonchev–Trinajstić information content (AvgIpc) is 2.85. The second-order valence-corrected chi connectivity index (χ2v) is 9.43. The summed E-state index contributed by atoms with van der Waals surface area (Å²) in [6.07, 6.45) is -0.804. The van der Waals surface area contributed by atoms with Gasteiger partial charge in [0.05, 0.1) is 12.3 Å². The molecule has 0 unspecified atom stereocenters. The fourth-order valence-electron chi connectivity index (χ4n) is 3.42. The number of carboxylic acid groups (broad SMARTS) is 1. The smallest absolute Gasteiger partial charge is 0.305 e. The number of carboxylic acids is 1. The summed E-state index contributed by atoms with van der Waals surface area (Å²) in [5, 5.41) is 28.1. The van der Waals surface area contributed by atoms with E-state index in [1.165, 1.54) is 26.0 Å². The molecule has 1 rings (SSSR count). The van der Waals surface area contributed by atoms with Crippen molar-refractivity contribution in [2.45, 2.75) is 64.7 Å². The zero-order valence-corrected chi connectivity index (χ0v) is 22.7. The van der Waals surface area contributed by atoms with E-state index in [1.807, 2.05) is 0 Å². The molecule has 1 aromatic carbocycles. The number of phenolic OH excluding ortho intramolecular Hbond substituents is 1. The van der Waals surface area contributed by atoms with Crippen LogP contribution in [0, 0.1) is 5.92 Å². The second kappa shape index (κ2) is 15.4. The molecule has 0 saturated heterocycles. The normalized spacial score (nSPS) is 13.8. The largest absolute Gasteiger partial charge is 0.508 e. The molecule has 0 fully saturated rings. The quantitative estimate of drug-likeness (QED) is 0.118. The number of hydrogen-bond donors (Lipinski definition) is 6. The fraction of sp³-hybridized carbons (Fsp3) is 0.480. The van der Waals surface area contributed by atoms with Crippen LogP contribution in [-0.2, 0) is 40.0 Å². The molecule has 0 aliphatic carbocycles. The molecule has 0 saturated carbocycles. The maximum Gasteiger partial charge on any atom is 0.305 e. The van der Waals surface area contributed by atoms with E-state index in [9.17, 15) is 38.7 Å². The van der Waals surface area contributed by atoms with Crippen LogP contribution < -0.4 is 21.3 Å². The SMILES string of the molecule is CC(=O)N[C@@H](Cc1ccc(O)cc1)C(=O)N[C@H](C(=O)N[C@@H](C)C(=O)N[C@@H](CC(=O)O)C(=O)C(=O)CCl)C(C)C. The van der Waals surface area contributed by atoms with E-state index < -0.39 is 83.6 Å². The Morgan fingerprint density at radius 3 is 1.90 bits per heavy atom. The minimum absolute atomic E-state index is 0.0262. The lowest BCUT2D eigenvalue weighted by Crippen LogP contribution is -2.59. The van der Waals surface area contributed by atoms with Crippen molar-refractivity contribution in [3.63, 3.8) is 0 Å². The van der Waals surface area contributed by atoms with Gasteiger partial charge in [0.1, 0.15) is 29.9 Å². The van der Waals surface area contributed by atoms with Crippen molar-refractivity contribution < 1.29 is 43.8 Å². The van der Waals surface area contributed by atoms with Gasteiger partial charge in [0.25, 0.3) is 0 Å². The number of aliphatic carboxylic acids is 1. The molecule has 0 spiro atoms. The third-order valence-corrected chi connectivity index (χ3v) is 5.72. The highest BCUT2D eigenvalue weighted by atomic mass is 35.5. The molecule has 0 aromatic heterocycles. The number of Topliss-reactive ketones (excluding diaryl/α,β-unsaturated/α-hetero) is 2. The summed E-state index contributed by atoms with van der Waals surface area (Å²) < 4.78 is 0. The molecule has 0 heterocycles. The Morgan fingerprint density at radius 2 is 1.41 bits per heavy atom. The molecule has 0 bridgehead atoms. The summed E-state index contributed by atoms with van der Waals surface area (Å²) in [5.41, 5.74) is 0.635. The number of amides is 4. The first kappa shape index (κ1) is 33.0. The molecule has 14 heteroatoms. The Balaban J connectivity index is 2.96. The van der Waals surface area contributed by atoms with E-state index in [1.54, 1.807) is 26.0 Å². The number of phenols is 1. The van der Waals surface area contributed by atoms with Crippen molar-refractivity contribution in [3.8, 4) is 5.75 Å². The minimum Gasteiger partial charge on any atom is -0.508 e. The van der Waals surface area contributed by atoms with E-state index >= 15 is 0 Å². The molecule has 1 aromatic rings. The van der Waals surface area contributed by atoms with Crippen LogP contribution in [0.25, 0.3) is 0 Å². The Kier molecular flexibility index (Phi) is 13.1. The molecule has 4 atom stereocenters. The van der Waals surface area contributed by atoms with Crippen LogP contribution in [0.15, 0.2) is 24.3 Å². The highest BCUT2D eigenvalue weighted by Gasteiger charge is 2.33. The molecule has 0 aliphatic rings. The topological polar surface area (TPSA) is 208 Å². The minimum atomic E-state index is -1.68. The number of rotatable bonds is 15. The summed E-state index contributed by atoms with van der Waals surface area (Å²) in [6.45, 7) is 5.78. The molecule has 39 heavy (non-hydrogen) atoms. The number of carbonyl (C=O) groups is 7. The first-order chi connectivity index (χ1) is 18.2. The Morgan fingerprint density at radius 1 is 0.821 bits per heavy atom. The predicted octanol–water partition coefficient (Wildman–Crippen LogP) is -0.579. The predicted molar refractivity (Wildman–Crippen MR) is 139 cm³/mol. The van der Waals surface area contributed by atoms with Gasteiger partial charge in [-0.3, -0.25) is 33.6 Å². The van der Waals surface area contributed by atoms with Crippen LogP contribution in [0.3, 0.4) is 0 Å². The van der Waals surface area contributed by atoms with Crippen LogP contribution in [0.5, 0.6) is 5.75 Å². The number of ketones is 2. The Hall–Kier alpha value is -4.00. The lowest BCUT2D eigenvalue weighted by molar-refractivity contribution is -0.143. The lowest BCUT2D eigenvalue weighted by Gasteiger charge is -2.27. The molecule has 13 nitrogen and oxygen atoms in total. The summed E-state index contributed by atoms with van der Waals surface area (Å²) in [5.74, 6) is -7.70. The van der Waals surface area contributed by atoms with Crippen LogP contribution in [0.1, 0.15) is 39.7 Å². The van der Waals surface area contributed by atoms with Crippen LogP contribution >= 0.6 is 11.6 Å². The van der Waals surface area contributed by atoms with Crippen molar-refractivity contribution >= 4 is 52.8 Å². The number of alkyl halides is 1. The van der Waals surface area contributed by atoms with Crippen LogP contribution in [0.4, 0.5) is 0 Å². The molecule has 6 N–H and O–H groups in total. The Bertz CT molecular complexity index is 1090. The maximum atomic E-state index is 13.0. The fourth-order valence-corrected chi connectivity index (χ4v) is 3.55. The van der Waals surface area contributed by atoms with Gasteiger partial charge in [-0.2, -0.15) is 0 Å². The molecular formula is C25H33ClN4O9. The van der Waals surface area contributed by atoms with Gasteiger partial charge in [0.15, 0.2) is 0 Å². The van der Waals surface area contributed by atoms with E-state index in [0.717, 1.165) is 0 Å². The number of carbonyl (C=O) groups excluding carboxylic acids is 6. The van der Waals surface area contributed by atoms with Crippen molar-refractivity contribution in [3.05, 3.63) is 29.8 Å². The summed E-state index contributed by atoms with van der Waals surface area (Å²) in [4.78, 5) is 85.1. The van der Waals surface area contributed by atoms with Crippen molar-refractivity contribution in [1.29, 1.82) is 0 Å². The van der Waals surface area contributed by atoms with E-state index in [0.29, 0.717) is 5.56 Å². The first-order valence-corrected chi connectivity index (χ1v) is 12.5. The molecule has 0 radical (unpaired) electrons. The van der Waals surface area contributed by atoms with Gasteiger partial charge < -0.3 is 31.5 Å². The maximum absolute atomic E-state index is 13.0. The number of benzene rings is 1. The van der Waals surface area contributed by atoms with Crippen molar-refractivity contribution in [2.24, 2.45) is 5.92 Å². The second-order valence-electron chi connectivity index (χ2n) is 9.16. The van der Waals surface area contributed by atoms with Crippen LogP contribution in [0.2, 0.25) is 0 Å². The number of aromatic hydroxyl groups is 1. The third-order valence-electron chi connectivity index (χ3n) is 5.48. The van der Waals surface area contributed by atoms with E-state index in [2.05, 4.69) is 21.3 Å². The standard InChI is InChI=1S/C25H33ClN4O9/c1-12(2)21(30-24(38)18(28-14(4)31)9-15-5-7-16(32)8-6-15)25(39)27-13(3)23(37)29-17(10-20(34)35)22(36)19(33)11-26/h5-8,12-13,17-18,21,32H,9-11H2,1-4H3,(H,27,39)(H,28,31)(H,29,37)(H,30,38)(H,34,35)/t13-,17-,18-,21-/m0/s1. The molecule has 214 valence electrons. The van der Waals surface area contributed by atoms with Gasteiger partial charge in [-0.15, -0.1) is 11.6 Å². The zero-order valence-electron chi connectivity index (χ0n) is 21.9. The van der Waals surface area contributed by atoms with E-state index in [4.69, 9.17) is 16.7 Å². The average molecular weight is 569 g/mol. The van der Waals surface area contributed by atoms with Gasteiger partial charge in [0.2, 0.25) is 35.2 Å².